The third-order valence-electron chi connectivity index (χ3n) is 6.98. The maximum absolute atomic E-state index is 13.6. The standard InChI is InChI=1S/C27H24N2O7S/c1-34-17-9-7-16(8-10-17)14-35-27(32)23-21-18-11-12-19(36-18)24(21)37(33)26-22(25(31)29(23)26)28-20(30)13-15-5-3-2-4-6-15/h2-12,18-19,22,24,26H,13-14H2,1H3,(H,28,30)/t18-,19+,22+,24-,26+,37?/m0/s1. The van der Waals surface area contributed by atoms with Gasteiger partial charge in [-0.15, -0.1) is 0 Å². The highest BCUT2D eigenvalue weighted by atomic mass is 32.2. The Kier molecular flexibility index (Phi) is 5.92. The molecule has 4 heterocycles. The number of ether oxygens (including phenoxy) is 3. The van der Waals surface area contributed by atoms with E-state index >= 15 is 0 Å². The van der Waals surface area contributed by atoms with Gasteiger partial charge in [0.15, 0.2) is 0 Å². The molecule has 0 spiro atoms. The van der Waals surface area contributed by atoms with Crippen LogP contribution >= 0.6 is 0 Å². The van der Waals surface area contributed by atoms with E-state index < -0.39 is 51.5 Å². The molecule has 2 bridgehead atoms. The second kappa shape index (κ2) is 9.28. The topological polar surface area (TPSA) is 111 Å². The summed E-state index contributed by atoms with van der Waals surface area (Å²) in [5, 5.41) is 1.27. The van der Waals surface area contributed by atoms with Crippen LogP contribution in [0.2, 0.25) is 0 Å². The lowest BCUT2D eigenvalue weighted by molar-refractivity contribution is -0.153. The van der Waals surface area contributed by atoms with Gasteiger partial charge >= 0.3 is 5.97 Å². The van der Waals surface area contributed by atoms with Gasteiger partial charge in [-0.2, -0.15) is 0 Å². The lowest BCUT2D eigenvalue weighted by Crippen LogP contribution is -2.75. The molecule has 0 radical (unpaired) electrons. The largest absolute Gasteiger partial charge is 0.497 e. The highest BCUT2D eigenvalue weighted by molar-refractivity contribution is 7.86. The average Bonchev–Trinajstić information content (AvgIpc) is 3.54. The highest BCUT2D eigenvalue weighted by Crippen LogP contribution is 2.47. The Labute approximate surface area is 215 Å². The van der Waals surface area contributed by atoms with Gasteiger partial charge in [0.25, 0.3) is 5.91 Å². The van der Waals surface area contributed by atoms with E-state index in [1.807, 2.05) is 36.4 Å². The molecule has 2 fully saturated rings. The summed E-state index contributed by atoms with van der Waals surface area (Å²) in [7, 11) is -0.0277. The predicted molar refractivity (Wildman–Crippen MR) is 132 cm³/mol. The zero-order valence-corrected chi connectivity index (χ0v) is 20.7. The maximum atomic E-state index is 13.6. The van der Waals surface area contributed by atoms with Crippen LogP contribution in [0.3, 0.4) is 0 Å². The summed E-state index contributed by atoms with van der Waals surface area (Å²) in [6.45, 7) is -0.0118. The number of nitrogens with one attached hydrogen (secondary N) is 1. The molecule has 1 unspecified atom stereocenters. The molecule has 6 atom stereocenters. The van der Waals surface area contributed by atoms with E-state index in [0.717, 1.165) is 11.1 Å². The number of hydrogen-bond acceptors (Lipinski definition) is 7. The molecule has 4 aliphatic rings. The number of β-lactam (4-membered cyclic amide) rings is 1. The summed E-state index contributed by atoms with van der Waals surface area (Å²) in [5.74, 6) is -0.861. The van der Waals surface area contributed by atoms with Crippen molar-refractivity contribution in [1.29, 1.82) is 0 Å². The van der Waals surface area contributed by atoms with Crippen LogP contribution < -0.4 is 10.1 Å². The molecular weight excluding hydrogens is 496 g/mol. The molecule has 0 saturated carbocycles. The van der Waals surface area contributed by atoms with E-state index in [1.54, 1.807) is 37.5 Å². The first-order valence-electron chi connectivity index (χ1n) is 11.9. The molecule has 0 aliphatic carbocycles. The first kappa shape index (κ1) is 23.6. The molecule has 9 nitrogen and oxygen atoms in total. The molecule has 2 aromatic rings. The number of methoxy groups -OCH3 is 1. The summed E-state index contributed by atoms with van der Waals surface area (Å²) < 4.78 is 30.3. The number of nitrogens with zero attached hydrogens (tertiary/aromatic N) is 1. The zero-order valence-electron chi connectivity index (χ0n) is 19.9. The van der Waals surface area contributed by atoms with Crippen molar-refractivity contribution in [3.05, 3.63) is 89.1 Å². The van der Waals surface area contributed by atoms with Gasteiger partial charge in [-0.3, -0.25) is 18.7 Å². The maximum Gasteiger partial charge on any atom is 0.355 e. The number of rotatable bonds is 7. The van der Waals surface area contributed by atoms with Crippen molar-refractivity contribution >= 4 is 28.6 Å². The molecule has 2 saturated heterocycles. The van der Waals surface area contributed by atoms with Gasteiger partial charge in [0.1, 0.15) is 35.6 Å². The van der Waals surface area contributed by atoms with E-state index in [4.69, 9.17) is 14.2 Å². The lowest BCUT2D eigenvalue weighted by Gasteiger charge is -2.51. The fraction of sp³-hybridized carbons (Fsp3) is 0.296. The van der Waals surface area contributed by atoms with Gasteiger partial charge in [-0.1, -0.05) is 54.6 Å². The van der Waals surface area contributed by atoms with Crippen molar-refractivity contribution in [2.45, 2.75) is 41.9 Å². The van der Waals surface area contributed by atoms with Crippen molar-refractivity contribution in [2.75, 3.05) is 7.11 Å². The number of carbonyl (C=O) groups is 3. The van der Waals surface area contributed by atoms with Crippen molar-refractivity contribution in [1.82, 2.24) is 10.2 Å². The average molecular weight is 521 g/mol. The van der Waals surface area contributed by atoms with Crippen LogP contribution in [0, 0.1) is 0 Å². The monoisotopic (exact) mass is 520 g/mol. The molecule has 4 aliphatic heterocycles. The summed E-state index contributed by atoms with van der Waals surface area (Å²) in [4.78, 5) is 40.5. The normalized spacial score (nSPS) is 28.9. The zero-order chi connectivity index (χ0) is 25.7. The van der Waals surface area contributed by atoms with Crippen LogP contribution in [-0.4, -0.2) is 62.9 Å². The number of benzene rings is 2. The second-order valence-corrected chi connectivity index (χ2v) is 10.8. The summed E-state index contributed by atoms with van der Waals surface area (Å²) >= 11 is 0. The SMILES string of the molecule is COc1ccc(COC(=O)C2=C3[C@@H]4C=C[C@@H](O4)[C@@H]3S(=O)[C@@H]3[C@H](NC(=O)Cc4ccccc4)C(=O)N23)cc1. The quantitative estimate of drug-likeness (QED) is 0.333. The third kappa shape index (κ3) is 3.96. The Balaban J connectivity index is 1.24. The van der Waals surface area contributed by atoms with Gasteiger partial charge < -0.3 is 19.5 Å². The molecular formula is C27H24N2O7S. The first-order valence-corrected chi connectivity index (χ1v) is 13.2. The summed E-state index contributed by atoms with van der Waals surface area (Å²) in [5.41, 5.74) is 2.12. The second-order valence-electron chi connectivity index (χ2n) is 9.19. The van der Waals surface area contributed by atoms with Crippen LogP contribution in [0.4, 0.5) is 0 Å². The van der Waals surface area contributed by atoms with Gasteiger partial charge in [0.05, 0.1) is 35.7 Å². The van der Waals surface area contributed by atoms with Crippen LogP contribution in [0.25, 0.3) is 0 Å². The molecule has 0 aromatic heterocycles. The van der Waals surface area contributed by atoms with Crippen molar-refractivity contribution in [3.8, 4) is 5.75 Å². The fourth-order valence-electron chi connectivity index (χ4n) is 5.21. The number of hydrogen-bond donors (Lipinski definition) is 1. The van der Waals surface area contributed by atoms with Gasteiger partial charge in [-0.25, -0.2) is 4.79 Å². The van der Waals surface area contributed by atoms with Crippen LogP contribution in [-0.2, 0) is 47.7 Å². The molecule has 190 valence electrons. The Morgan fingerprint density at radius 3 is 2.54 bits per heavy atom. The van der Waals surface area contributed by atoms with E-state index in [1.165, 1.54) is 4.90 Å². The van der Waals surface area contributed by atoms with Gasteiger partial charge in [-0.05, 0) is 23.3 Å². The number of esters is 1. The van der Waals surface area contributed by atoms with E-state index in [2.05, 4.69) is 5.32 Å². The van der Waals surface area contributed by atoms with E-state index in [0.29, 0.717) is 11.3 Å². The smallest absolute Gasteiger partial charge is 0.355 e. The molecule has 10 heteroatoms. The Morgan fingerprint density at radius 2 is 1.81 bits per heavy atom. The summed E-state index contributed by atoms with van der Waals surface area (Å²) in [6.07, 6.45) is 2.72. The third-order valence-corrected chi connectivity index (χ3v) is 8.96. The van der Waals surface area contributed by atoms with Crippen molar-refractivity contribution < 1.29 is 32.8 Å². The number of carbonyl (C=O) groups excluding carboxylic acids is 3. The number of amides is 2. The first-order chi connectivity index (χ1) is 18.0. The predicted octanol–water partition coefficient (Wildman–Crippen LogP) is 1.36. The molecule has 37 heavy (non-hydrogen) atoms. The minimum Gasteiger partial charge on any atom is -0.497 e. The minimum absolute atomic E-state index is 0.0118. The van der Waals surface area contributed by atoms with Crippen LogP contribution in [0.5, 0.6) is 5.75 Å². The van der Waals surface area contributed by atoms with Crippen molar-refractivity contribution in [3.63, 3.8) is 0 Å². The number of fused-ring (bicyclic) bond motifs is 6. The van der Waals surface area contributed by atoms with Crippen LogP contribution in [0.1, 0.15) is 11.1 Å². The molecule has 6 rings (SSSR count). The molecule has 2 aromatic carbocycles. The fourth-order valence-corrected chi connectivity index (χ4v) is 7.29. The lowest BCUT2D eigenvalue weighted by atomic mass is 9.94. The molecule has 1 N–H and O–H groups in total. The highest BCUT2D eigenvalue weighted by Gasteiger charge is 2.64. The van der Waals surface area contributed by atoms with Crippen LogP contribution in [0.15, 0.2) is 78.0 Å². The summed E-state index contributed by atoms with van der Waals surface area (Å²) in [6, 6.07) is 15.2. The van der Waals surface area contributed by atoms with E-state index in [-0.39, 0.29) is 24.6 Å². The molecule has 2 amide bonds. The minimum atomic E-state index is -1.59. The van der Waals surface area contributed by atoms with Gasteiger partial charge in [0, 0.05) is 5.57 Å². The van der Waals surface area contributed by atoms with Gasteiger partial charge in [0.2, 0.25) is 5.91 Å². The Bertz CT molecular complexity index is 1350. The Morgan fingerprint density at radius 1 is 1.05 bits per heavy atom. The van der Waals surface area contributed by atoms with E-state index in [9.17, 15) is 18.6 Å². The van der Waals surface area contributed by atoms with Crippen molar-refractivity contribution in [2.24, 2.45) is 0 Å². The Hall–Kier alpha value is -3.76.